The quantitative estimate of drug-likeness (QED) is 0.464. The van der Waals surface area contributed by atoms with Crippen molar-refractivity contribution in [1.82, 2.24) is 24.6 Å². The molecule has 5 rings (SSSR count). The molecule has 1 unspecified atom stereocenters. The van der Waals surface area contributed by atoms with Gasteiger partial charge < -0.3 is 20.3 Å². The third kappa shape index (κ3) is 6.50. The molecule has 1 amide bonds. The molecule has 3 aromatic rings. The van der Waals surface area contributed by atoms with Crippen LogP contribution in [0.3, 0.4) is 0 Å². The molecular weight excluding hydrogens is 525 g/mol. The maximum absolute atomic E-state index is 13.2. The summed E-state index contributed by atoms with van der Waals surface area (Å²) in [6.45, 7) is 8.26. The van der Waals surface area contributed by atoms with Crippen molar-refractivity contribution < 1.29 is 9.53 Å². The zero-order chi connectivity index (χ0) is 25.1. The summed E-state index contributed by atoms with van der Waals surface area (Å²) in [4.78, 5) is 26.6. The number of hydrogen-bond donors (Lipinski definition) is 1. The number of ether oxygens (including phenoxy) is 1. The van der Waals surface area contributed by atoms with Gasteiger partial charge in [0.25, 0.3) is 0 Å². The zero-order valence-corrected chi connectivity index (χ0v) is 23.8. The van der Waals surface area contributed by atoms with Gasteiger partial charge in [-0.1, -0.05) is 12.1 Å². The van der Waals surface area contributed by atoms with Crippen LogP contribution >= 0.6 is 24.8 Å². The highest BCUT2D eigenvalue weighted by molar-refractivity contribution is 5.87. The first-order valence-corrected chi connectivity index (χ1v) is 13.2. The Morgan fingerprint density at radius 3 is 2.53 bits per heavy atom. The van der Waals surface area contributed by atoms with Gasteiger partial charge in [-0.25, -0.2) is 14.6 Å². The lowest BCUT2D eigenvalue weighted by Crippen LogP contribution is -2.51. The fourth-order valence-electron chi connectivity index (χ4n) is 5.61. The summed E-state index contributed by atoms with van der Waals surface area (Å²) >= 11 is 0. The van der Waals surface area contributed by atoms with Crippen molar-refractivity contribution in [3.05, 3.63) is 42.4 Å². The number of hydrogen-bond acceptors (Lipinski definition) is 7. The summed E-state index contributed by atoms with van der Waals surface area (Å²) in [5.74, 6) is 2.76. The van der Waals surface area contributed by atoms with Gasteiger partial charge in [-0.15, -0.1) is 24.8 Å². The highest BCUT2D eigenvalue weighted by Crippen LogP contribution is 2.32. The summed E-state index contributed by atoms with van der Waals surface area (Å²) < 4.78 is 7.54. The molecule has 1 aromatic carbocycles. The number of fused-ring (bicyclic) bond motifs is 1. The molecule has 1 saturated heterocycles. The van der Waals surface area contributed by atoms with Crippen molar-refractivity contribution in [2.24, 2.45) is 17.6 Å². The lowest BCUT2D eigenvalue weighted by atomic mass is 9.78. The second-order valence-electron chi connectivity index (χ2n) is 10.1. The maximum atomic E-state index is 13.2. The SMILES string of the molecule is CCOc1cccc(Cn2ncc3c(N4CCN(C(=O)C5CCC(C(C)N)CC5)CC4)ncnc32)c1.Cl.Cl. The van der Waals surface area contributed by atoms with Crippen molar-refractivity contribution in [3.63, 3.8) is 0 Å². The van der Waals surface area contributed by atoms with E-state index in [2.05, 4.69) is 33.0 Å². The molecule has 9 nitrogen and oxygen atoms in total. The van der Waals surface area contributed by atoms with Gasteiger partial charge in [0, 0.05) is 38.1 Å². The lowest BCUT2D eigenvalue weighted by Gasteiger charge is -2.38. The van der Waals surface area contributed by atoms with E-state index in [0.717, 1.165) is 80.0 Å². The van der Waals surface area contributed by atoms with Gasteiger partial charge in [0.15, 0.2) is 5.65 Å². The topological polar surface area (TPSA) is 102 Å². The Morgan fingerprint density at radius 2 is 1.84 bits per heavy atom. The van der Waals surface area contributed by atoms with E-state index in [1.54, 1.807) is 6.33 Å². The number of anilines is 1. The number of amides is 1. The molecule has 1 aliphatic carbocycles. The minimum absolute atomic E-state index is 0. The Kier molecular flexibility index (Phi) is 10.6. The van der Waals surface area contributed by atoms with Crippen LogP contribution in [-0.4, -0.2) is 69.4 Å². The summed E-state index contributed by atoms with van der Waals surface area (Å²) in [5.41, 5.74) is 7.99. The second-order valence-corrected chi connectivity index (χ2v) is 10.1. The van der Waals surface area contributed by atoms with Gasteiger partial charge in [0.1, 0.15) is 17.9 Å². The van der Waals surface area contributed by atoms with Crippen molar-refractivity contribution >= 4 is 47.6 Å². The first-order chi connectivity index (χ1) is 17.5. The van der Waals surface area contributed by atoms with Crippen molar-refractivity contribution in [3.8, 4) is 5.75 Å². The predicted molar refractivity (Wildman–Crippen MR) is 154 cm³/mol. The number of rotatable bonds is 7. The highest BCUT2D eigenvalue weighted by Gasteiger charge is 2.32. The molecule has 0 spiro atoms. The fraction of sp³-hybridized carbons (Fsp3) is 0.556. The summed E-state index contributed by atoms with van der Waals surface area (Å²) in [6, 6.07) is 8.29. The number of piperazine rings is 1. The molecule has 1 atom stereocenters. The summed E-state index contributed by atoms with van der Waals surface area (Å²) in [7, 11) is 0. The summed E-state index contributed by atoms with van der Waals surface area (Å²) in [6.07, 6.45) is 7.51. The third-order valence-corrected chi connectivity index (χ3v) is 7.71. The Labute approximate surface area is 236 Å². The van der Waals surface area contributed by atoms with Crippen molar-refractivity contribution in [2.75, 3.05) is 37.7 Å². The number of nitrogens with zero attached hydrogens (tertiary/aromatic N) is 6. The van der Waals surface area contributed by atoms with Crippen LogP contribution in [0.5, 0.6) is 5.75 Å². The Hall–Kier alpha value is -2.62. The van der Waals surface area contributed by atoms with Crippen molar-refractivity contribution in [1.29, 1.82) is 0 Å². The van der Waals surface area contributed by atoms with E-state index in [1.165, 1.54) is 0 Å². The molecule has 1 aliphatic heterocycles. The molecule has 208 valence electrons. The Morgan fingerprint density at radius 1 is 1.11 bits per heavy atom. The van der Waals surface area contributed by atoms with Crippen LogP contribution in [0.1, 0.15) is 45.1 Å². The number of nitrogens with two attached hydrogens (primary N) is 1. The maximum Gasteiger partial charge on any atom is 0.225 e. The minimum atomic E-state index is 0. The molecule has 2 aromatic heterocycles. The standard InChI is InChI=1S/C27H37N7O2.2ClH/c1-3-36-23-6-4-5-20(15-23)17-34-26-24(16-31-34)25(29-18-30-26)32-11-13-33(14-12-32)27(35)22-9-7-21(8-10-22)19(2)28;;/h4-6,15-16,18-19,21-22H,3,7-14,17,28H2,1-2H3;2*1H. The predicted octanol–water partition coefficient (Wildman–Crippen LogP) is 3.92. The van der Waals surface area contributed by atoms with Gasteiger partial charge >= 0.3 is 0 Å². The third-order valence-electron chi connectivity index (χ3n) is 7.71. The number of aromatic nitrogens is 4. The van der Waals surface area contributed by atoms with Crippen LogP contribution in [0.15, 0.2) is 36.8 Å². The fourth-order valence-corrected chi connectivity index (χ4v) is 5.61. The number of carbonyl (C=O) groups is 1. The normalized spacial score (nSPS) is 20.4. The van der Waals surface area contributed by atoms with Gasteiger partial charge in [0.2, 0.25) is 5.91 Å². The molecule has 38 heavy (non-hydrogen) atoms. The molecular formula is C27H39Cl2N7O2. The van der Waals surface area contributed by atoms with Gasteiger partial charge in [-0.3, -0.25) is 4.79 Å². The molecule has 11 heteroatoms. The molecule has 3 heterocycles. The van der Waals surface area contributed by atoms with Gasteiger partial charge in [-0.2, -0.15) is 5.10 Å². The Bertz CT molecular complexity index is 1190. The number of halogens is 2. The molecule has 0 bridgehead atoms. The zero-order valence-electron chi connectivity index (χ0n) is 22.2. The largest absolute Gasteiger partial charge is 0.494 e. The molecule has 0 radical (unpaired) electrons. The highest BCUT2D eigenvalue weighted by atomic mass is 35.5. The van der Waals surface area contributed by atoms with Gasteiger partial charge in [-0.05, 0) is 63.1 Å². The van der Waals surface area contributed by atoms with Crippen LogP contribution in [-0.2, 0) is 11.3 Å². The van der Waals surface area contributed by atoms with Crippen molar-refractivity contribution in [2.45, 2.75) is 52.1 Å². The van der Waals surface area contributed by atoms with E-state index < -0.39 is 0 Å². The van der Waals surface area contributed by atoms with E-state index in [1.807, 2.05) is 40.9 Å². The first kappa shape index (κ1) is 29.9. The minimum Gasteiger partial charge on any atom is -0.494 e. The number of benzene rings is 1. The smallest absolute Gasteiger partial charge is 0.225 e. The second kappa shape index (κ2) is 13.4. The molecule has 2 fully saturated rings. The number of carbonyl (C=O) groups excluding carboxylic acids is 1. The average Bonchev–Trinajstić information content (AvgIpc) is 3.31. The van der Waals surface area contributed by atoms with E-state index in [-0.39, 0.29) is 36.8 Å². The van der Waals surface area contributed by atoms with Crippen LogP contribution in [0.2, 0.25) is 0 Å². The first-order valence-electron chi connectivity index (χ1n) is 13.2. The van der Waals surface area contributed by atoms with Crippen LogP contribution in [0.25, 0.3) is 11.0 Å². The molecule has 2 aliphatic rings. The average molecular weight is 565 g/mol. The van der Waals surface area contributed by atoms with E-state index in [9.17, 15) is 4.79 Å². The van der Waals surface area contributed by atoms with Crippen LogP contribution < -0.4 is 15.4 Å². The summed E-state index contributed by atoms with van der Waals surface area (Å²) in [5, 5.41) is 5.56. The Balaban J connectivity index is 0.00000200. The lowest BCUT2D eigenvalue weighted by molar-refractivity contribution is -0.137. The van der Waals surface area contributed by atoms with Gasteiger partial charge in [0.05, 0.1) is 24.7 Å². The van der Waals surface area contributed by atoms with E-state index >= 15 is 0 Å². The van der Waals surface area contributed by atoms with Crippen LogP contribution in [0.4, 0.5) is 5.82 Å². The van der Waals surface area contributed by atoms with E-state index in [4.69, 9.17) is 10.5 Å². The van der Waals surface area contributed by atoms with Crippen LogP contribution in [0, 0.1) is 11.8 Å². The monoisotopic (exact) mass is 563 g/mol. The molecule has 2 N–H and O–H groups in total. The molecule has 1 saturated carbocycles. The van der Waals surface area contributed by atoms with E-state index in [0.29, 0.717) is 25.0 Å².